The summed E-state index contributed by atoms with van der Waals surface area (Å²) in [5.74, 6) is 1.41. The molecule has 2 aliphatic rings. The van der Waals surface area contributed by atoms with Crippen molar-refractivity contribution in [3.05, 3.63) is 94.1 Å². The van der Waals surface area contributed by atoms with Crippen molar-refractivity contribution >= 4 is 28.4 Å². The maximum atomic E-state index is 13.6. The molecule has 0 fully saturated rings. The molecule has 0 radical (unpaired) electrons. The molecule has 4 aromatic rings. The number of fused-ring (bicyclic) bond motifs is 4. The Morgan fingerprint density at radius 2 is 1.81 bits per heavy atom. The van der Waals surface area contributed by atoms with Crippen LogP contribution < -0.4 is 9.47 Å². The number of hydrogen-bond acceptors (Lipinski definition) is 3. The summed E-state index contributed by atoms with van der Waals surface area (Å²) >= 11 is 6.04. The Morgan fingerprint density at radius 3 is 2.68 bits per heavy atom. The number of carbonyl (C=O) groups excluding carboxylic acids is 1. The third-order valence-corrected chi connectivity index (χ3v) is 6.35. The number of amides is 1. The lowest BCUT2D eigenvalue weighted by atomic mass is 9.91. The Hall–Kier alpha value is -3.44. The highest BCUT2D eigenvalue weighted by Gasteiger charge is 2.35. The molecule has 0 saturated heterocycles. The first kappa shape index (κ1) is 18.3. The molecule has 5 nitrogen and oxygen atoms in total. The van der Waals surface area contributed by atoms with Crippen LogP contribution in [0.25, 0.3) is 10.9 Å². The number of para-hydroxylation sites is 1. The molecule has 1 atom stereocenters. The highest BCUT2D eigenvalue weighted by atomic mass is 35.5. The van der Waals surface area contributed by atoms with Crippen LogP contribution in [-0.2, 0) is 6.42 Å². The summed E-state index contributed by atoms with van der Waals surface area (Å²) in [6.07, 6.45) is 0.791. The first-order chi connectivity index (χ1) is 15.2. The van der Waals surface area contributed by atoms with E-state index in [1.54, 1.807) is 24.3 Å². The van der Waals surface area contributed by atoms with Crippen LogP contribution in [0.2, 0.25) is 5.02 Å². The van der Waals surface area contributed by atoms with Crippen LogP contribution in [-0.4, -0.2) is 29.1 Å². The predicted octanol–water partition coefficient (Wildman–Crippen LogP) is 5.34. The summed E-state index contributed by atoms with van der Waals surface area (Å²) in [7, 11) is 0. The zero-order valence-electron chi connectivity index (χ0n) is 16.6. The smallest absolute Gasteiger partial charge is 0.254 e. The maximum Gasteiger partial charge on any atom is 0.254 e. The van der Waals surface area contributed by atoms with Crippen molar-refractivity contribution in [2.45, 2.75) is 12.5 Å². The van der Waals surface area contributed by atoms with E-state index in [1.807, 2.05) is 29.2 Å². The van der Waals surface area contributed by atoms with Crippen molar-refractivity contribution in [2.24, 2.45) is 0 Å². The number of carbonyl (C=O) groups is 1. The fourth-order valence-corrected chi connectivity index (χ4v) is 4.77. The number of ether oxygens (including phenoxy) is 2. The minimum Gasteiger partial charge on any atom is -0.454 e. The van der Waals surface area contributed by atoms with Gasteiger partial charge in [0.25, 0.3) is 5.91 Å². The van der Waals surface area contributed by atoms with Gasteiger partial charge in [0.15, 0.2) is 11.5 Å². The lowest BCUT2D eigenvalue weighted by Gasteiger charge is -2.36. The molecule has 6 rings (SSSR count). The summed E-state index contributed by atoms with van der Waals surface area (Å²) in [6.45, 7) is 0.837. The van der Waals surface area contributed by atoms with Gasteiger partial charge >= 0.3 is 0 Å². The first-order valence-electron chi connectivity index (χ1n) is 10.2. The molecule has 1 N–H and O–H groups in total. The van der Waals surface area contributed by atoms with Gasteiger partial charge in [0.2, 0.25) is 6.79 Å². The Labute approximate surface area is 184 Å². The van der Waals surface area contributed by atoms with E-state index in [2.05, 4.69) is 23.2 Å². The molecule has 3 heterocycles. The zero-order chi connectivity index (χ0) is 20.9. The van der Waals surface area contributed by atoms with Gasteiger partial charge in [-0.2, -0.15) is 0 Å². The van der Waals surface area contributed by atoms with E-state index in [0.717, 1.165) is 28.9 Å². The van der Waals surface area contributed by atoms with E-state index < -0.39 is 0 Å². The number of aromatic nitrogens is 1. The molecular formula is C25H19ClN2O3. The van der Waals surface area contributed by atoms with Gasteiger partial charge in [-0.3, -0.25) is 4.79 Å². The Morgan fingerprint density at radius 1 is 1.00 bits per heavy atom. The highest BCUT2D eigenvalue weighted by Crippen LogP contribution is 2.42. The van der Waals surface area contributed by atoms with E-state index in [0.29, 0.717) is 22.9 Å². The minimum absolute atomic E-state index is 0.0244. The number of rotatable bonds is 2. The standard InChI is InChI=1S/C25H19ClN2O3/c26-17-8-5-15(6-9-17)25(29)28-12-11-19-18-3-1-2-4-20(18)27-23(19)24(28)16-7-10-21-22(13-16)31-14-30-21/h1-10,13,24,27H,11-12,14H2/t24-/m0/s1. The molecule has 31 heavy (non-hydrogen) atoms. The summed E-state index contributed by atoms with van der Waals surface area (Å²) < 4.78 is 11.1. The minimum atomic E-state index is -0.256. The Balaban J connectivity index is 1.51. The average molecular weight is 431 g/mol. The fourth-order valence-electron chi connectivity index (χ4n) is 4.65. The largest absolute Gasteiger partial charge is 0.454 e. The number of hydrogen-bond donors (Lipinski definition) is 1. The second kappa shape index (κ2) is 7.06. The molecule has 3 aromatic carbocycles. The lowest BCUT2D eigenvalue weighted by molar-refractivity contribution is 0.0691. The van der Waals surface area contributed by atoms with Gasteiger partial charge in [0.05, 0.1) is 6.04 Å². The molecule has 0 spiro atoms. The van der Waals surface area contributed by atoms with E-state index in [4.69, 9.17) is 21.1 Å². The molecular weight excluding hydrogens is 412 g/mol. The van der Waals surface area contributed by atoms with Crippen molar-refractivity contribution in [2.75, 3.05) is 13.3 Å². The number of H-pyrrole nitrogens is 1. The van der Waals surface area contributed by atoms with Gasteiger partial charge in [-0.1, -0.05) is 35.9 Å². The van der Waals surface area contributed by atoms with E-state index in [1.165, 1.54) is 10.9 Å². The molecule has 0 aliphatic carbocycles. The third-order valence-electron chi connectivity index (χ3n) is 6.10. The second-order valence-electron chi connectivity index (χ2n) is 7.83. The van der Waals surface area contributed by atoms with Crippen molar-refractivity contribution in [3.63, 3.8) is 0 Å². The van der Waals surface area contributed by atoms with Crippen LogP contribution in [0, 0.1) is 0 Å². The molecule has 0 saturated carbocycles. The van der Waals surface area contributed by atoms with Gasteiger partial charge in [-0.05, 0) is 60.0 Å². The van der Waals surface area contributed by atoms with Crippen LogP contribution >= 0.6 is 11.6 Å². The molecule has 6 heteroatoms. The van der Waals surface area contributed by atoms with Crippen LogP contribution in [0.15, 0.2) is 66.7 Å². The van der Waals surface area contributed by atoms with Crippen molar-refractivity contribution < 1.29 is 14.3 Å². The quantitative estimate of drug-likeness (QED) is 0.467. The van der Waals surface area contributed by atoms with Crippen molar-refractivity contribution in [1.82, 2.24) is 9.88 Å². The second-order valence-corrected chi connectivity index (χ2v) is 8.27. The van der Waals surface area contributed by atoms with E-state index >= 15 is 0 Å². The number of nitrogens with zero attached hydrogens (tertiary/aromatic N) is 1. The number of aromatic amines is 1. The summed E-state index contributed by atoms with van der Waals surface area (Å²) in [5, 5.41) is 1.82. The van der Waals surface area contributed by atoms with Gasteiger partial charge in [-0.15, -0.1) is 0 Å². The number of halogens is 1. The molecule has 1 amide bonds. The summed E-state index contributed by atoms with van der Waals surface area (Å²) in [6, 6.07) is 21.0. The van der Waals surface area contributed by atoms with E-state index in [-0.39, 0.29) is 18.7 Å². The van der Waals surface area contributed by atoms with Gasteiger partial charge < -0.3 is 19.4 Å². The number of nitrogens with one attached hydrogen (secondary N) is 1. The predicted molar refractivity (Wildman–Crippen MR) is 119 cm³/mol. The van der Waals surface area contributed by atoms with Crippen LogP contribution in [0.4, 0.5) is 0 Å². The monoisotopic (exact) mass is 430 g/mol. The van der Waals surface area contributed by atoms with Crippen molar-refractivity contribution in [3.8, 4) is 11.5 Å². The first-order valence-corrected chi connectivity index (χ1v) is 10.6. The van der Waals surface area contributed by atoms with Crippen LogP contribution in [0.3, 0.4) is 0 Å². The summed E-state index contributed by atoms with van der Waals surface area (Å²) in [5.41, 5.74) is 5.00. The maximum absolute atomic E-state index is 13.6. The molecule has 0 bridgehead atoms. The summed E-state index contributed by atoms with van der Waals surface area (Å²) in [4.78, 5) is 19.1. The van der Waals surface area contributed by atoms with E-state index in [9.17, 15) is 4.79 Å². The van der Waals surface area contributed by atoms with Gasteiger partial charge in [0, 0.05) is 33.7 Å². The number of benzene rings is 3. The Bertz CT molecular complexity index is 1310. The highest BCUT2D eigenvalue weighted by molar-refractivity contribution is 6.30. The van der Waals surface area contributed by atoms with Crippen LogP contribution in [0.1, 0.15) is 33.2 Å². The van der Waals surface area contributed by atoms with Crippen LogP contribution in [0.5, 0.6) is 11.5 Å². The SMILES string of the molecule is O=C(c1ccc(Cl)cc1)N1CCc2c([nH]c3ccccc23)[C@@H]1c1ccc2c(c1)OCO2. The molecule has 0 unspecified atom stereocenters. The Kier molecular flexibility index (Phi) is 4.18. The lowest BCUT2D eigenvalue weighted by Crippen LogP contribution is -2.40. The van der Waals surface area contributed by atoms with Crippen molar-refractivity contribution in [1.29, 1.82) is 0 Å². The average Bonchev–Trinajstić information content (AvgIpc) is 3.42. The van der Waals surface area contributed by atoms with Gasteiger partial charge in [-0.25, -0.2) is 0 Å². The van der Waals surface area contributed by atoms with Gasteiger partial charge in [0.1, 0.15) is 0 Å². The molecule has 2 aliphatic heterocycles. The molecule has 1 aromatic heterocycles. The topological polar surface area (TPSA) is 54.6 Å². The molecule has 154 valence electrons. The third kappa shape index (κ3) is 2.96. The normalized spacial score (nSPS) is 17.1. The zero-order valence-corrected chi connectivity index (χ0v) is 17.4. The fraction of sp³-hybridized carbons (Fsp3) is 0.160.